The Morgan fingerprint density at radius 1 is 1.29 bits per heavy atom. The Morgan fingerprint density at radius 3 is 2.47 bits per heavy atom. The van der Waals surface area contributed by atoms with Crippen LogP contribution in [0, 0.1) is 0 Å². The van der Waals surface area contributed by atoms with E-state index < -0.39 is 23.2 Å². The molecule has 1 rings (SSSR count). The van der Waals surface area contributed by atoms with E-state index in [9.17, 15) is 20.1 Å². The Labute approximate surface area is 97.7 Å². The third-order valence-corrected chi connectivity index (χ3v) is 2.26. The molecular weight excluding hydrogens is 228 g/mol. The summed E-state index contributed by atoms with van der Waals surface area (Å²) in [5, 5.41) is 36.7. The molecule has 0 aromatic heterocycles. The molecule has 0 saturated carbocycles. The van der Waals surface area contributed by atoms with Crippen LogP contribution in [0.1, 0.15) is 22.8 Å². The number of esters is 1. The van der Waals surface area contributed by atoms with Gasteiger partial charge < -0.3 is 25.2 Å². The Balaban J connectivity index is 3.18. The number of hydrogen-bond acceptors (Lipinski definition) is 6. The fourth-order valence-corrected chi connectivity index (χ4v) is 1.44. The highest BCUT2D eigenvalue weighted by atomic mass is 16.5. The molecule has 0 aliphatic heterocycles. The SMILES string of the molecule is CCc1c(C(=O)OCCO)cc(O)c(O)c1O. The van der Waals surface area contributed by atoms with Crippen LogP contribution < -0.4 is 0 Å². The molecule has 6 heteroatoms. The second-order valence-electron chi connectivity index (χ2n) is 3.33. The number of phenols is 3. The lowest BCUT2D eigenvalue weighted by atomic mass is 10.0. The van der Waals surface area contributed by atoms with E-state index in [1.54, 1.807) is 6.92 Å². The van der Waals surface area contributed by atoms with Gasteiger partial charge in [0.2, 0.25) is 5.75 Å². The van der Waals surface area contributed by atoms with Gasteiger partial charge in [0.05, 0.1) is 12.2 Å². The molecule has 1 aromatic carbocycles. The standard InChI is InChI=1S/C11H14O6/c1-2-6-7(11(16)17-4-3-12)5-8(13)10(15)9(6)14/h5,12-15H,2-4H2,1H3. The predicted molar refractivity (Wildman–Crippen MR) is 58.2 cm³/mol. The maximum Gasteiger partial charge on any atom is 0.338 e. The van der Waals surface area contributed by atoms with Gasteiger partial charge in [-0.15, -0.1) is 0 Å². The number of hydrogen-bond donors (Lipinski definition) is 4. The molecule has 0 spiro atoms. The molecule has 0 fully saturated rings. The normalized spacial score (nSPS) is 10.2. The van der Waals surface area contributed by atoms with Crippen molar-refractivity contribution in [2.75, 3.05) is 13.2 Å². The maximum atomic E-state index is 11.6. The first-order valence-corrected chi connectivity index (χ1v) is 5.07. The summed E-state index contributed by atoms with van der Waals surface area (Å²) in [6.45, 7) is 1.18. The van der Waals surface area contributed by atoms with E-state index in [1.807, 2.05) is 0 Å². The minimum atomic E-state index is -0.776. The molecule has 0 bridgehead atoms. The molecule has 0 heterocycles. The highest BCUT2D eigenvalue weighted by molar-refractivity contribution is 5.93. The van der Waals surface area contributed by atoms with Gasteiger partial charge in [-0.25, -0.2) is 4.79 Å². The number of aliphatic hydroxyl groups excluding tert-OH is 1. The van der Waals surface area contributed by atoms with E-state index in [0.717, 1.165) is 6.07 Å². The number of carbonyl (C=O) groups excluding carboxylic acids is 1. The zero-order chi connectivity index (χ0) is 13.0. The van der Waals surface area contributed by atoms with Crippen molar-refractivity contribution in [3.63, 3.8) is 0 Å². The lowest BCUT2D eigenvalue weighted by Crippen LogP contribution is -2.11. The quantitative estimate of drug-likeness (QED) is 0.453. The molecule has 0 saturated heterocycles. The van der Waals surface area contributed by atoms with Crippen LogP contribution in [0.5, 0.6) is 17.2 Å². The van der Waals surface area contributed by atoms with Crippen molar-refractivity contribution < 1.29 is 30.0 Å². The van der Waals surface area contributed by atoms with Crippen molar-refractivity contribution in [2.45, 2.75) is 13.3 Å². The highest BCUT2D eigenvalue weighted by Crippen LogP contribution is 2.39. The van der Waals surface area contributed by atoms with Crippen LogP contribution in [0.4, 0.5) is 0 Å². The molecule has 0 aliphatic rings. The van der Waals surface area contributed by atoms with Gasteiger partial charge in [-0.2, -0.15) is 0 Å². The minimum absolute atomic E-state index is 0.0336. The Bertz CT molecular complexity index is 426. The topological polar surface area (TPSA) is 107 Å². The average Bonchev–Trinajstić information content (AvgIpc) is 2.32. The van der Waals surface area contributed by atoms with Crippen molar-refractivity contribution in [1.29, 1.82) is 0 Å². The summed E-state index contributed by atoms with van der Waals surface area (Å²) in [7, 11) is 0. The molecule has 94 valence electrons. The van der Waals surface area contributed by atoms with Crippen molar-refractivity contribution in [2.24, 2.45) is 0 Å². The van der Waals surface area contributed by atoms with Crippen LogP contribution in [0.15, 0.2) is 6.07 Å². The molecule has 0 amide bonds. The first kappa shape index (κ1) is 13.1. The molecule has 0 unspecified atom stereocenters. The van der Waals surface area contributed by atoms with E-state index in [2.05, 4.69) is 4.74 Å². The summed E-state index contributed by atoms with van der Waals surface area (Å²) < 4.78 is 4.68. The predicted octanol–water partition coefficient (Wildman–Crippen LogP) is 0.515. The van der Waals surface area contributed by atoms with E-state index >= 15 is 0 Å². The lowest BCUT2D eigenvalue weighted by molar-refractivity contribution is 0.0431. The number of benzene rings is 1. The molecule has 1 aromatic rings. The molecule has 17 heavy (non-hydrogen) atoms. The Hall–Kier alpha value is -1.95. The van der Waals surface area contributed by atoms with E-state index in [-0.39, 0.29) is 30.8 Å². The zero-order valence-corrected chi connectivity index (χ0v) is 9.30. The number of rotatable bonds is 4. The molecule has 6 nitrogen and oxygen atoms in total. The third-order valence-electron chi connectivity index (χ3n) is 2.26. The van der Waals surface area contributed by atoms with Crippen molar-refractivity contribution >= 4 is 5.97 Å². The van der Waals surface area contributed by atoms with Gasteiger partial charge in [-0.1, -0.05) is 6.92 Å². The van der Waals surface area contributed by atoms with Crippen LogP contribution >= 0.6 is 0 Å². The fraction of sp³-hybridized carbons (Fsp3) is 0.364. The first-order chi connectivity index (χ1) is 8.02. The molecule has 0 radical (unpaired) electrons. The number of aliphatic hydroxyl groups is 1. The monoisotopic (exact) mass is 242 g/mol. The summed E-state index contributed by atoms with van der Waals surface area (Å²) in [6, 6.07) is 1.02. The van der Waals surface area contributed by atoms with Crippen molar-refractivity contribution in [3.8, 4) is 17.2 Å². The molecule has 0 atom stereocenters. The molecule has 4 N–H and O–H groups in total. The minimum Gasteiger partial charge on any atom is -0.504 e. The van der Waals surface area contributed by atoms with Crippen LogP contribution in [-0.4, -0.2) is 39.6 Å². The van der Waals surface area contributed by atoms with Gasteiger partial charge in [0.15, 0.2) is 11.5 Å². The summed E-state index contributed by atoms with van der Waals surface area (Å²) in [4.78, 5) is 11.6. The van der Waals surface area contributed by atoms with Crippen LogP contribution in [0.2, 0.25) is 0 Å². The van der Waals surface area contributed by atoms with Gasteiger partial charge >= 0.3 is 5.97 Å². The average molecular weight is 242 g/mol. The second kappa shape index (κ2) is 5.40. The second-order valence-corrected chi connectivity index (χ2v) is 3.33. The first-order valence-electron chi connectivity index (χ1n) is 5.07. The fourth-order valence-electron chi connectivity index (χ4n) is 1.44. The van der Waals surface area contributed by atoms with E-state index in [0.29, 0.717) is 0 Å². The number of ether oxygens (including phenoxy) is 1. The number of carbonyl (C=O) groups is 1. The maximum absolute atomic E-state index is 11.6. The van der Waals surface area contributed by atoms with Gasteiger partial charge in [0, 0.05) is 5.56 Å². The van der Waals surface area contributed by atoms with Crippen molar-refractivity contribution in [3.05, 3.63) is 17.2 Å². The van der Waals surface area contributed by atoms with Gasteiger partial charge in [0.25, 0.3) is 0 Å². The van der Waals surface area contributed by atoms with Gasteiger partial charge in [-0.3, -0.25) is 0 Å². The molecule has 0 aliphatic carbocycles. The summed E-state index contributed by atoms with van der Waals surface area (Å²) in [5.41, 5.74) is 0.150. The van der Waals surface area contributed by atoms with Crippen LogP contribution in [-0.2, 0) is 11.2 Å². The number of phenolic OH excluding ortho intramolecular Hbond substituents is 3. The zero-order valence-electron chi connectivity index (χ0n) is 9.30. The smallest absolute Gasteiger partial charge is 0.338 e. The van der Waals surface area contributed by atoms with Crippen molar-refractivity contribution in [1.82, 2.24) is 0 Å². The highest BCUT2D eigenvalue weighted by Gasteiger charge is 2.21. The largest absolute Gasteiger partial charge is 0.504 e. The number of aromatic hydroxyl groups is 3. The Kier molecular flexibility index (Phi) is 4.17. The summed E-state index contributed by atoms with van der Waals surface area (Å²) >= 11 is 0. The summed E-state index contributed by atoms with van der Waals surface area (Å²) in [6.07, 6.45) is 0.281. The lowest BCUT2D eigenvalue weighted by Gasteiger charge is -2.11. The van der Waals surface area contributed by atoms with Crippen LogP contribution in [0.25, 0.3) is 0 Å². The van der Waals surface area contributed by atoms with E-state index in [1.165, 1.54) is 0 Å². The van der Waals surface area contributed by atoms with Crippen LogP contribution in [0.3, 0.4) is 0 Å². The van der Waals surface area contributed by atoms with Gasteiger partial charge in [-0.05, 0) is 12.5 Å². The Morgan fingerprint density at radius 2 is 1.94 bits per heavy atom. The molecular formula is C11H14O6. The summed E-state index contributed by atoms with van der Waals surface area (Å²) in [5.74, 6) is -2.58. The van der Waals surface area contributed by atoms with E-state index in [4.69, 9.17) is 5.11 Å². The third kappa shape index (κ3) is 2.59. The van der Waals surface area contributed by atoms with Gasteiger partial charge in [0.1, 0.15) is 6.61 Å².